The molecule has 2 amide bonds. The maximum absolute atomic E-state index is 13.7. The van der Waals surface area contributed by atoms with Crippen LogP contribution in [0.5, 0.6) is 5.75 Å². The third kappa shape index (κ3) is 7.62. The van der Waals surface area contributed by atoms with Gasteiger partial charge >= 0.3 is 6.09 Å². The van der Waals surface area contributed by atoms with Crippen LogP contribution >= 0.6 is 11.3 Å². The molecule has 2 heterocycles. The summed E-state index contributed by atoms with van der Waals surface area (Å²) in [5.41, 5.74) is -0.547. The topological polar surface area (TPSA) is 116 Å². The first-order chi connectivity index (χ1) is 18.4. The standard InChI is InChI=1S/C27H34FN5O5S/c1-7-9-14-37-23-21(24(35)29-8-2)33(32(6)26(36)38-27(3,4)5)16-19(22(23)34)25-31-30-20(39-25)15-17-10-12-18(28)13-11-17/h10-13,16H,7-9,14-15H2,1-6H3,(H,29,35). The molecule has 1 N–H and O–H groups in total. The minimum atomic E-state index is -0.798. The van der Waals surface area contributed by atoms with Crippen LogP contribution in [0.1, 0.15) is 68.5 Å². The zero-order valence-electron chi connectivity index (χ0n) is 23.0. The summed E-state index contributed by atoms with van der Waals surface area (Å²) in [5.74, 6) is -1.12. The van der Waals surface area contributed by atoms with Gasteiger partial charge in [0, 0.05) is 26.2 Å². The Morgan fingerprint density at radius 1 is 1.15 bits per heavy atom. The molecule has 0 fully saturated rings. The number of hydrogen-bond acceptors (Lipinski definition) is 8. The zero-order chi connectivity index (χ0) is 28.7. The van der Waals surface area contributed by atoms with Gasteiger partial charge in [0.25, 0.3) is 5.91 Å². The number of nitrogens with zero attached hydrogens (tertiary/aromatic N) is 4. The van der Waals surface area contributed by atoms with E-state index in [1.807, 2.05) is 6.92 Å². The van der Waals surface area contributed by atoms with Gasteiger partial charge in [-0.3, -0.25) is 9.59 Å². The molecule has 0 aliphatic carbocycles. The smallest absolute Gasteiger partial charge is 0.429 e. The van der Waals surface area contributed by atoms with E-state index in [1.54, 1.807) is 39.8 Å². The minimum Gasteiger partial charge on any atom is -0.487 e. The number of aromatic nitrogens is 3. The van der Waals surface area contributed by atoms with Crippen molar-refractivity contribution in [1.29, 1.82) is 0 Å². The van der Waals surface area contributed by atoms with Crippen molar-refractivity contribution in [2.24, 2.45) is 0 Å². The zero-order valence-corrected chi connectivity index (χ0v) is 23.9. The van der Waals surface area contributed by atoms with E-state index in [1.165, 1.54) is 41.4 Å². The maximum atomic E-state index is 13.7. The molecule has 1 aromatic carbocycles. The molecule has 12 heteroatoms. The first-order valence-electron chi connectivity index (χ1n) is 12.7. The van der Waals surface area contributed by atoms with Gasteiger partial charge in [0.15, 0.2) is 16.5 Å². The van der Waals surface area contributed by atoms with Gasteiger partial charge in [-0.1, -0.05) is 36.8 Å². The van der Waals surface area contributed by atoms with E-state index in [4.69, 9.17) is 9.47 Å². The summed E-state index contributed by atoms with van der Waals surface area (Å²) in [7, 11) is 1.43. The molecule has 210 valence electrons. The van der Waals surface area contributed by atoms with Crippen LogP contribution < -0.4 is 20.5 Å². The Hall–Kier alpha value is -3.80. The SMILES string of the molecule is CCCCOc1c(C(=O)NCC)n(N(C)C(=O)OC(C)(C)C)cc(-c2nnc(Cc3ccc(F)cc3)s2)c1=O. The average molecular weight is 560 g/mol. The van der Waals surface area contributed by atoms with Crippen molar-refractivity contribution in [3.63, 3.8) is 0 Å². The highest BCUT2D eigenvalue weighted by molar-refractivity contribution is 7.14. The van der Waals surface area contributed by atoms with Gasteiger partial charge in [0.2, 0.25) is 5.43 Å². The Kier molecular flexibility index (Phi) is 9.79. The Balaban J connectivity index is 2.15. The quantitative estimate of drug-likeness (QED) is 0.363. The lowest BCUT2D eigenvalue weighted by Gasteiger charge is -2.28. The van der Waals surface area contributed by atoms with Gasteiger partial charge in [-0.2, -0.15) is 0 Å². The Morgan fingerprint density at radius 3 is 2.46 bits per heavy atom. The largest absolute Gasteiger partial charge is 0.487 e. The lowest BCUT2D eigenvalue weighted by molar-refractivity contribution is 0.0548. The van der Waals surface area contributed by atoms with Gasteiger partial charge in [0.05, 0.1) is 12.2 Å². The van der Waals surface area contributed by atoms with Crippen molar-refractivity contribution in [3.8, 4) is 16.3 Å². The van der Waals surface area contributed by atoms with Gasteiger partial charge < -0.3 is 14.8 Å². The van der Waals surface area contributed by atoms with Crippen LogP contribution in [0.25, 0.3) is 10.6 Å². The summed E-state index contributed by atoms with van der Waals surface area (Å²) < 4.78 is 25.9. The first-order valence-corrected chi connectivity index (χ1v) is 13.5. The molecule has 0 unspecified atom stereocenters. The van der Waals surface area contributed by atoms with Gasteiger partial charge in [-0.05, 0) is 51.8 Å². The molecule has 0 saturated heterocycles. The Morgan fingerprint density at radius 2 is 1.85 bits per heavy atom. The van der Waals surface area contributed by atoms with Crippen molar-refractivity contribution in [2.75, 3.05) is 25.2 Å². The Bertz CT molecular complexity index is 1360. The molecule has 39 heavy (non-hydrogen) atoms. The molecule has 0 spiro atoms. The van der Waals surface area contributed by atoms with E-state index in [0.717, 1.165) is 17.0 Å². The number of hydrogen-bond donors (Lipinski definition) is 1. The second-order valence-corrected chi connectivity index (χ2v) is 10.8. The summed E-state index contributed by atoms with van der Waals surface area (Å²) in [6.07, 6.45) is 2.48. The molecule has 3 aromatic rings. The number of halogens is 1. The van der Waals surface area contributed by atoms with Gasteiger partial charge in [0.1, 0.15) is 16.4 Å². The normalized spacial score (nSPS) is 11.3. The monoisotopic (exact) mass is 559 g/mol. The molecular formula is C27H34FN5O5S. The minimum absolute atomic E-state index is 0.104. The van der Waals surface area contributed by atoms with Crippen molar-refractivity contribution in [3.05, 3.63) is 62.8 Å². The predicted octanol–water partition coefficient (Wildman–Crippen LogP) is 4.53. The van der Waals surface area contributed by atoms with Crippen LogP contribution in [0.4, 0.5) is 9.18 Å². The fourth-order valence-corrected chi connectivity index (χ4v) is 4.38. The molecule has 0 aliphatic heterocycles. The predicted molar refractivity (Wildman–Crippen MR) is 148 cm³/mol. The molecule has 0 bridgehead atoms. The highest BCUT2D eigenvalue weighted by Crippen LogP contribution is 2.27. The average Bonchev–Trinajstić information content (AvgIpc) is 3.33. The van der Waals surface area contributed by atoms with Crippen LogP contribution in [-0.4, -0.2) is 52.7 Å². The van der Waals surface area contributed by atoms with E-state index in [2.05, 4.69) is 15.5 Å². The van der Waals surface area contributed by atoms with E-state index in [-0.39, 0.29) is 34.4 Å². The lowest BCUT2D eigenvalue weighted by Crippen LogP contribution is -2.44. The fourth-order valence-electron chi connectivity index (χ4n) is 3.50. The number of unbranched alkanes of at least 4 members (excludes halogenated alkanes) is 1. The molecule has 3 rings (SSSR count). The second kappa shape index (κ2) is 12.8. The summed E-state index contributed by atoms with van der Waals surface area (Å²) >= 11 is 1.18. The second-order valence-electron chi connectivity index (χ2n) is 9.76. The first kappa shape index (κ1) is 29.8. The van der Waals surface area contributed by atoms with E-state index < -0.39 is 23.0 Å². The summed E-state index contributed by atoms with van der Waals surface area (Å²) in [6, 6.07) is 6.03. The Labute approximate surface area is 230 Å². The number of pyridine rings is 1. The van der Waals surface area contributed by atoms with E-state index >= 15 is 0 Å². The van der Waals surface area contributed by atoms with Crippen molar-refractivity contribution in [2.45, 2.75) is 59.5 Å². The number of ether oxygens (including phenoxy) is 2. The summed E-state index contributed by atoms with van der Waals surface area (Å²) in [4.78, 5) is 39.9. The van der Waals surface area contributed by atoms with Crippen LogP contribution in [0, 0.1) is 5.82 Å². The van der Waals surface area contributed by atoms with Crippen LogP contribution in [0.2, 0.25) is 0 Å². The van der Waals surface area contributed by atoms with Crippen LogP contribution in [-0.2, 0) is 11.2 Å². The molecule has 0 aliphatic rings. The van der Waals surface area contributed by atoms with E-state index in [9.17, 15) is 18.8 Å². The molecular weight excluding hydrogens is 525 g/mol. The van der Waals surface area contributed by atoms with Gasteiger partial charge in [-0.25, -0.2) is 18.9 Å². The van der Waals surface area contributed by atoms with Crippen molar-refractivity contribution in [1.82, 2.24) is 20.2 Å². The number of carbonyl (C=O) groups is 2. The number of benzene rings is 1. The van der Waals surface area contributed by atoms with Crippen molar-refractivity contribution < 1.29 is 23.5 Å². The highest BCUT2D eigenvalue weighted by Gasteiger charge is 2.30. The molecule has 10 nitrogen and oxygen atoms in total. The third-order valence-electron chi connectivity index (χ3n) is 5.39. The van der Waals surface area contributed by atoms with Crippen LogP contribution in [0.3, 0.4) is 0 Å². The molecule has 0 radical (unpaired) electrons. The van der Waals surface area contributed by atoms with Crippen LogP contribution in [0.15, 0.2) is 35.3 Å². The molecule has 0 atom stereocenters. The molecule has 2 aromatic heterocycles. The molecule has 0 saturated carbocycles. The fraction of sp³-hybridized carbons (Fsp3) is 0.444. The number of amides is 2. The van der Waals surface area contributed by atoms with Gasteiger partial charge in [-0.15, -0.1) is 10.2 Å². The highest BCUT2D eigenvalue weighted by atomic mass is 32.1. The van der Waals surface area contributed by atoms with Crippen molar-refractivity contribution >= 4 is 23.3 Å². The third-order valence-corrected chi connectivity index (χ3v) is 6.35. The number of rotatable bonds is 10. The number of carbonyl (C=O) groups excluding carboxylic acids is 2. The number of nitrogens with one attached hydrogen (secondary N) is 1. The maximum Gasteiger partial charge on any atom is 0.429 e. The van der Waals surface area contributed by atoms with E-state index in [0.29, 0.717) is 24.4 Å². The summed E-state index contributed by atoms with van der Waals surface area (Å²) in [6.45, 7) is 9.39. The lowest BCUT2D eigenvalue weighted by atomic mass is 10.2. The summed E-state index contributed by atoms with van der Waals surface area (Å²) in [5, 5.41) is 13.1.